The van der Waals surface area contributed by atoms with Crippen LogP contribution in [0.3, 0.4) is 0 Å². The van der Waals surface area contributed by atoms with Crippen LogP contribution < -0.4 is 9.47 Å². The highest BCUT2D eigenvalue weighted by atomic mass is 16.5. The molecule has 124 valence electrons. The molecule has 0 aliphatic carbocycles. The molecule has 0 amide bonds. The second-order valence-corrected chi connectivity index (χ2v) is 5.47. The average Bonchev–Trinajstić information content (AvgIpc) is 2.99. The van der Waals surface area contributed by atoms with Gasteiger partial charge in [0.1, 0.15) is 0 Å². The zero-order chi connectivity index (χ0) is 17.1. The molecular formula is C19H20N2O3. The van der Waals surface area contributed by atoms with E-state index in [9.17, 15) is 4.79 Å². The molecule has 0 aliphatic rings. The number of benzene rings is 2. The van der Waals surface area contributed by atoms with Crippen LogP contribution in [0.2, 0.25) is 0 Å². The minimum atomic E-state index is -0.124. The number of rotatable bonds is 6. The number of aryl methyl sites for hydroxylation is 1. The number of methoxy groups -OCH3 is 2. The molecule has 0 atom stereocenters. The summed E-state index contributed by atoms with van der Waals surface area (Å²) >= 11 is 0. The van der Waals surface area contributed by atoms with Crippen molar-refractivity contribution in [3.63, 3.8) is 0 Å². The highest BCUT2D eigenvalue weighted by Gasteiger charge is 2.20. The average molecular weight is 324 g/mol. The smallest absolute Gasteiger partial charge is 0.228 e. The zero-order valence-corrected chi connectivity index (χ0v) is 14.1. The number of ether oxygens (including phenoxy) is 2. The van der Waals surface area contributed by atoms with E-state index in [1.807, 2.05) is 28.8 Å². The lowest BCUT2D eigenvalue weighted by molar-refractivity contribution is 0.102. The summed E-state index contributed by atoms with van der Waals surface area (Å²) in [6.07, 6.45) is 0.923. The van der Waals surface area contributed by atoms with Crippen LogP contribution in [0, 0.1) is 0 Å². The number of nitrogens with zero attached hydrogens (tertiary/aromatic N) is 2. The maximum Gasteiger partial charge on any atom is 0.228 e. The molecule has 3 rings (SSSR count). The van der Waals surface area contributed by atoms with Crippen LogP contribution in [0.4, 0.5) is 0 Å². The quantitative estimate of drug-likeness (QED) is 0.649. The van der Waals surface area contributed by atoms with Crippen molar-refractivity contribution in [2.45, 2.75) is 19.9 Å². The molecule has 1 heterocycles. The van der Waals surface area contributed by atoms with Gasteiger partial charge in [0.2, 0.25) is 5.78 Å². The van der Waals surface area contributed by atoms with Crippen molar-refractivity contribution in [2.75, 3.05) is 14.2 Å². The van der Waals surface area contributed by atoms with Crippen molar-refractivity contribution in [2.24, 2.45) is 0 Å². The fraction of sp³-hybridized carbons (Fsp3) is 0.263. The molecule has 5 heteroatoms. The summed E-state index contributed by atoms with van der Waals surface area (Å²) in [6, 6.07) is 13.0. The van der Waals surface area contributed by atoms with Gasteiger partial charge in [-0.2, -0.15) is 0 Å². The van der Waals surface area contributed by atoms with Gasteiger partial charge in [0.15, 0.2) is 17.3 Å². The zero-order valence-electron chi connectivity index (χ0n) is 14.1. The second kappa shape index (κ2) is 6.74. The van der Waals surface area contributed by atoms with E-state index in [0.29, 0.717) is 22.9 Å². The van der Waals surface area contributed by atoms with Crippen molar-refractivity contribution in [3.05, 3.63) is 53.9 Å². The standard InChI is InChI=1S/C19H20N2O3/c1-4-11-21-15-8-6-5-7-14(15)20-19(21)18(22)13-9-10-16(23-2)17(12-13)24-3/h5-10,12H,4,11H2,1-3H3. The SMILES string of the molecule is CCCn1c(C(=O)c2ccc(OC)c(OC)c2)nc2ccccc21. The van der Waals surface area contributed by atoms with Gasteiger partial charge in [0.25, 0.3) is 0 Å². The number of imidazole rings is 1. The van der Waals surface area contributed by atoms with Gasteiger partial charge in [-0.3, -0.25) is 4.79 Å². The van der Waals surface area contributed by atoms with Gasteiger partial charge in [-0.1, -0.05) is 19.1 Å². The van der Waals surface area contributed by atoms with Gasteiger partial charge in [-0.25, -0.2) is 4.98 Å². The molecule has 1 aromatic heterocycles. The monoisotopic (exact) mass is 324 g/mol. The van der Waals surface area contributed by atoms with Crippen molar-refractivity contribution < 1.29 is 14.3 Å². The lowest BCUT2D eigenvalue weighted by atomic mass is 10.1. The number of carbonyl (C=O) groups excluding carboxylic acids is 1. The van der Waals surface area contributed by atoms with Crippen molar-refractivity contribution >= 4 is 16.8 Å². The number of aromatic nitrogens is 2. The first-order chi connectivity index (χ1) is 11.7. The molecule has 0 fully saturated rings. The molecule has 0 saturated carbocycles. The van der Waals surface area contributed by atoms with E-state index in [0.717, 1.165) is 24.0 Å². The Balaban J connectivity index is 2.10. The van der Waals surface area contributed by atoms with Crippen LogP contribution >= 0.6 is 0 Å². The Kier molecular flexibility index (Phi) is 4.51. The van der Waals surface area contributed by atoms with Gasteiger partial charge < -0.3 is 14.0 Å². The van der Waals surface area contributed by atoms with Crippen LogP contribution in [0.1, 0.15) is 29.5 Å². The highest BCUT2D eigenvalue weighted by molar-refractivity contribution is 6.08. The first-order valence-corrected chi connectivity index (χ1v) is 7.91. The van der Waals surface area contributed by atoms with Gasteiger partial charge in [-0.15, -0.1) is 0 Å². The Morgan fingerprint density at radius 2 is 1.83 bits per heavy atom. The molecular weight excluding hydrogens is 304 g/mol. The summed E-state index contributed by atoms with van der Waals surface area (Å²) in [7, 11) is 3.12. The van der Waals surface area contributed by atoms with E-state index in [2.05, 4.69) is 11.9 Å². The summed E-state index contributed by atoms with van der Waals surface area (Å²) in [6.45, 7) is 2.83. The molecule has 0 unspecified atom stereocenters. The second-order valence-electron chi connectivity index (χ2n) is 5.47. The molecule has 2 aromatic carbocycles. The number of carbonyl (C=O) groups is 1. The van der Waals surface area contributed by atoms with Crippen LogP contribution in [-0.4, -0.2) is 29.6 Å². The number of ketones is 1. The Hall–Kier alpha value is -2.82. The number of hydrogen-bond donors (Lipinski definition) is 0. The molecule has 24 heavy (non-hydrogen) atoms. The Morgan fingerprint density at radius 3 is 2.54 bits per heavy atom. The first kappa shape index (κ1) is 16.1. The van der Waals surface area contributed by atoms with E-state index in [4.69, 9.17) is 9.47 Å². The fourth-order valence-corrected chi connectivity index (χ4v) is 2.81. The topological polar surface area (TPSA) is 53.4 Å². The minimum Gasteiger partial charge on any atom is -0.493 e. The number of hydrogen-bond acceptors (Lipinski definition) is 4. The number of fused-ring (bicyclic) bond motifs is 1. The van der Waals surface area contributed by atoms with Crippen molar-refractivity contribution in [1.29, 1.82) is 0 Å². The predicted octanol–water partition coefficient (Wildman–Crippen LogP) is 3.69. The molecule has 0 radical (unpaired) electrons. The minimum absolute atomic E-state index is 0.124. The lowest BCUT2D eigenvalue weighted by Gasteiger charge is -2.10. The van der Waals surface area contributed by atoms with Gasteiger partial charge >= 0.3 is 0 Å². The summed E-state index contributed by atoms with van der Waals surface area (Å²) in [5, 5.41) is 0. The van der Waals surface area contributed by atoms with Crippen LogP contribution in [0.15, 0.2) is 42.5 Å². The van der Waals surface area contributed by atoms with E-state index in [1.165, 1.54) is 0 Å². The van der Waals surface area contributed by atoms with E-state index in [-0.39, 0.29) is 5.78 Å². The highest BCUT2D eigenvalue weighted by Crippen LogP contribution is 2.29. The van der Waals surface area contributed by atoms with E-state index in [1.54, 1.807) is 32.4 Å². The molecule has 0 aliphatic heterocycles. The van der Waals surface area contributed by atoms with E-state index >= 15 is 0 Å². The summed E-state index contributed by atoms with van der Waals surface area (Å²) < 4.78 is 12.5. The molecule has 3 aromatic rings. The van der Waals surface area contributed by atoms with Crippen LogP contribution in [-0.2, 0) is 6.54 Å². The molecule has 0 spiro atoms. The normalized spacial score (nSPS) is 10.8. The maximum atomic E-state index is 13.0. The summed E-state index contributed by atoms with van der Waals surface area (Å²) in [5.41, 5.74) is 2.33. The summed E-state index contributed by atoms with van der Waals surface area (Å²) in [5.74, 6) is 1.45. The van der Waals surface area contributed by atoms with Gasteiger partial charge in [-0.05, 0) is 36.8 Å². The first-order valence-electron chi connectivity index (χ1n) is 7.91. The molecule has 0 bridgehead atoms. The lowest BCUT2D eigenvalue weighted by Crippen LogP contribution is -2.12. The van der Waals surface area contributed by atoms with E-state index < -0.39 is 0 Å². The third-order valence-corrected chi connectivity index (χ3v) is 3.95. The Bertz CT molecular complexity index is 883. The third kappa shape index (κ3) is 2.73. The maximum absolute atomic E-state index is 13.0. The van der Waals surface area contributed by atoms with Crippen LogP contribution in [0.5, 0.6) is 11.5 Å². The number of para-hydroxylation sites is 2. The van der Waals surface area contributed by atoms with Crippen molar-refractivity contribution in [3.8, 4) is 11.5 Å². The van der Waals surface area contributed by atoms with Gasteiger partial charge in [0, 0.05) is 12.1 Å². The molecule has 5 nitrogen and oxygen atoms in total. The Labute approximate surface area is 140 Å². The van der Waals surface area contributed by atoms with Gasteiger partial charge in [0.05, 0.1) is 25.3 Å². The third-order valence-electron chi connectivity index (χ3n) is 3.95. The fourth-order valence-electron chi connectivity index (χ4n) is 2.81. The largest absolute Gasteiger partial charge is 0.493 e. The van der Waals surface area contributed by atoms with Crippen molar-refractivity contribution in [1.82, 2.24) is 9.55 Å². The molecule has 0 N–H and O–H groups in total. The Morgan fingerprint density at radius 1 is 1.08 bits per heavy atom. The van der Waals surface area contributed by atoms with Crippen LogP contribution in [0.25, 0.3) is 11.0 Å². The summed E-state index contributed by atoms with van der Waals surface area (Å²) in [4.78, 5) is 17.5. The predicted molar refractivity (Wildman–Crippen MR) is 93.0 cm³/mol. The molecule has 0 saturated heterocycles.